The minimum Gasteiger partial charge on any atom is -0.355 e. The number of nitrogens with one attached hydrogen (secondary N) is 1. The molecule has 1 amide bonds. The Labute approximate surface area is 99.0 Å². The molecule has 3 rings (SSSR count). The standard InChI is InChI=1S/C8H9BrN4OS/c9-6-11-12-7(15-6)13-3-8(4-13)1-5(14)10-2-8/h1-4H2,(H,10,14). The molecule has 0 saturated carbocycles. The number of hydrogen-bond donors (Lipinski definition) is 1. The van der Waals surface area contributed by atoms with E-state index in [1.807, 2.05) is 0 Å². The Morgan fingerprint density at radius 3 is 2.80 bits per heavy atom. The minimum atomic E-state index is 0.162. The number of amides is 1. The Balaban J connectivity index is 1.69. The lowest BCUT2D eigenvalue weighted by Gasteiger charge is -2.46. The first-order valence-electron chi connectivity index (χ1n) is 4.68. The lowest BCUT2D eigenvalue weighted by molar-refractivity contribution is -0.119. The number of carbonyl (C=O) groups excluding carboxylic acids is 1. The van der Waals surface area contributed by atoms with Gasteiger partial charge in [0, 0.05) is 31.5 Å². The highest BCUT2D eigenvalue weighted by molar-refractivity contribution is 9.11. The first-order valence-corrected chi connectivity index (χ1v) is 6.29. The Morgan fingerprint density at radius 2 is 2.27 bits per heavy atom. The van der Waals surface area contributed by atoms with Gasteiger partial charge < -0.3 is 10.2 Å². The van der Waals surface area contributed by atoms with Gasteiger partial charge in [0.2, 0.25) is 11.0 Å². The van der Waals surface area contributed by atoms with Gasteiger partial charge in [-0.15, -0.1) is 10.2 Å². The highest BCUT2D eigenvalue weighted by Gasteiger charge is 2.49. The molecule has 2 fully saturated rings. The van der Waals surface area contributed by atoms with Gasteiger partial charge in [-0.3, -0.25) is 4.79 Å². The molecule has 0 bridgehead atoms. The van der Waals surface area contributed by atoms with Gasteiger partial charge in [-0.2, -0.15) is 0 Å². The highest BCUT2D eigenvalue weighted by Crippen LogP contribution is 2.40. The fraction of sp³-hybridized carbons (Fsp3) is 0.625. The summed E-state index contributed by atoms with van der Waals surface area (Å²) in [6.45, 7) is 2.63. The molecule has 0 atom stereocenters. The molecule has 2 aliphatic heterocycles. The fourth-order valence-corrected chi connectivity index (χ4v) is 3.29. The van der Waals surface area contributed by atoms with Gasteiger partial charge in [-0.05, 0) is 15.9 Å². The van der Waals surface area contributed by atoms with Crippen LogP contribution < -0.4 is 10.2 Å². The lowest BCUT2D eigenvalue weighted by Crippen LogP contribution is -2.57. The number of aromatic nitrogens is 2. The van der Waals surface area contributed by atoms with E-state index in [1.165, 1.54) is 11.3 Å². The molecular weight excluding hydrogens is 280 g/mol. The number of rotatable bonds is 1. The van der Waals surface area contributed by atoms with Crippen LogP contribution in [0.2, 0.25) is 0 Å². The Kier molecular flexibility index (Phi) is 2.00. The van der Waals surface area contributed by atoms with Crippen LogP contribution in [0, 0.1) is 5.41 Å². The average Bonchev–Trinajstić information content (AvgIpc) is 2.69. The number of carbonyl (C=O) groups is 1. The number of hydrogen-bond acceptors (Lipinski definition) is 5. The van der Waals surface area contributed by atoms with Crippen molar-refractivity contribution in [3.05, 3.63) is 3.92 Å². The molecule has 3 heterocycles. The third-order valence-corrected chi connectivity index (χ3v) is 4.33. The molecule has 5 nitrogen and oxygen atoms in total. The molecular formula is C8H9BrN4OS. The van der Waals surface area contributed by atoms with Crippen LogP contribution in [0.4, 0.5) is 5.13 Å². The summed E-state index contributed by atoms with van der Waals surface area (Å²) in [5.74, 6) is 0.174. The van der Waals surface area contributed by atoms with Crippen molar-refractivity contribution >= 4 is 38.3 Å². The molecule has 0 radical (unpaired) electrons. The SMILES string of the molecule is O=C1CC2(CN1)CN(c1nnc(Br)s1)C2. The van der Waals surface area contributed by atoms with Crippen molar-refractivity contribution in [2.45, 2.75) is 6.42 Å². The van der Waals surface area contributed by atoms with Crippen molar-refractivity contribution in [1.29, 1.82) is 0 Å². The van der Waals surface area contributed by atoms with E-state index in [0.29, 0.717) is 6.42 Å². The molecule has 80 valence electrons. The zero-order chi connectivity index (χ0) is 10.5. The summed E-state index contributed by atoms with van der Waals surface area (Å²) in [6.07, 6.45) is 0.656. The van der Waals surface area contributed by atoms with Gasteiger partial charge in [0.05, 0.1) is 0 Å². The lowest BCUT2D eigenvalue weighted by atomic mass is 9.79. The second kappa shape index (κ2) is 3.15. The first-order chi connectivity index (χ1) is 7.17. The summed E-state index contributed by atoms with van der Waals surface area (Å²) in [5.41, 5.74) is 0.162. The first kappa shape index (κ1) is 9.53. The summed E-state index contributed by atoms with van der Waals surface area (Å²) >= 11 is 4.82. The normalized spacial score (nSPS) is 23.0. The zero-order valence-electron chi connectivity index (χ0n) is 7.86. The Morgan fingerprint density at radius 1 is 1.47 bits per heavy atom. The van der Waals surface area contributed by atoms with E-state index in [4.69, 9.17) is 0 Å². The van der Waals surface area contributed by atoms with Crippen LogP contribution in [0.1, 0.15) is 6.42 Å². The van der Waals surface area contributed by atoms with E-state index in [1.54, 1.807) is 0 Å². The van der Waals surface area contributed by atoms with Crippen molar-refractivity contribution < 1.29 is 4.79 Å². The fourth-order valence-electron chi connectivity index (χ4n) is 2.20. The molecule has 15 heavy (non-hydrogen) atoms. The van der Waals surface area contributed by atoms with Crippen LogP contribution in [0.15, 0.2) is 3.92 Å². The summed E-state index contributed by atoms with van der Waals surface area (Å²) in [4.78, 5) is 13.3. The monoisotopic (exact) mass is 288 g/mol. The molecule has 0 aromatic carbocycles. The summed E-state index contributed by atoms with van der Waals surface area (Å²) in [6, 6.07) is 0. The molecule has 2 aliphatic rings. The molecule has 2 saturated heterocycles. The van der Waals surface area contributed by atoms with E-state index in [2.05, 4.69) is 36.3 Å². The summed E-state index contributed by atoms with van der Waals surface area (Å²) in [7, 11) is 0. The summed E-state index contributed by atoms with van der Waals surface area (Å²) < 4.78 is 0.805. The third-order valence-electron chi connectivity index (χ3n) is 2.91. The van der Waals surface area contributed by atoms with Crippen LogP contribution in [0.25, 0.3) is 0 Å². The maximum Gasteiger partial charge on any atom is 0.220 e. The van der Waals surface area contributed by atoms with Crippen molar-refractivity contribution in [3.63, 3.8) is 0 Å². The second-order valence-corrected chi connectivity index (χ2v) is 6.38. The highest BCUT2D eigenvalue weighted by atomic mass is 79.9. The molecule has 1 aromatic heterocycles. The zero-order valence-corrected chi connectivity index (χ0v) is 10.3. The summed E-state index contributed by atoms with van der Waals surface area (Å²) in [5, 5.41) is 11.8. The Bertz CT molecular complexity index is 415. The van der Waals surface area contributed by atoms with Crippen LogP contribution in [-0.4, -0.2) is 35.7 Å². The molecule has 1 aromatic rings. The smallest absolute Gasteiger partial charge is 0.220 e. The van der Waals surface area contributed by atoms with Crippen LogP contribution >= 0.6 is 27.3 Å². The molecule has 7 heteroatoms. The maximum atomic E-state index is 11.1. The predicted octanol–water partition coefficient (Wildman–Crippen LogP) is 0.627. The van der Waals surface area contributed by atoms with Crippen molar-refractivity contribution in [2.75, 3.05) is 24.5 Å². The molecule has 0 unspecified atom stereocenters. The van der Waals surface area contributed by atoms with Crippen molar-refractivity contribution in [2.24, 2.45) is 5.41 Å². The molecule has 1 spiro atoms. The quantitative estimate of drug-likeness (QED) is 0.823. The number of halogens is 1. The maximum absolute atomic E-state index is 11.1. The van der Waals surface area contributed by atoms with E-state index in [0.717, 1.165) is 28.7 Å². The van der Waals surface area contributed by atoms with Gasteiger partial charge in [-0.25, -0.2) is 0 Å². The largest absolute Gasteiger partial charge is 0.355 e. The van der Waals surface area contributed by atoms with Crippen LogP contribution in [-0.2, 0) is 4.79 Å². The number of nitrogens with zero attached hydrogens (tertiary/aromatic N) is 3. The van der Waals surface area contributed by atoms with E-state index in [9.17, 15) is 4.79 Å². The van der Waals surface area contributed by atoms with E-state index < -0.39 is 0 Å². The van der Waals surface area contributed by atoms with E-state index in [-0.39, 0.29) is 11.3 Å². The second-order valence-electron chi connectivity index (χ2n) is 4.15. The van der Waals surface area contributed by atoms with Gasteiger partial charge in [-0.1, -0.05) is 11.3 Å². The van der Waals surface area contributed by atoms with Gasteiger partial charge in [0.25, 0.3) is 0 Å². The topological polar surface area (TPSA) is 58.1 Å². The van der Waals surface area contributed by atoms with Crippen LogP contribution in [0.3, 0.4) is 0 Å². The van der Waals surface area contributed by atoms with Crippen molar-refractivity contribution in [1.82, 2.24) is 15.5 Å². The van der Waals surface area contributed by atoms with Gasteiger partial charge >= 0.3 is 0 Å². The Hall–Kier alpha value is -0.690. The third kappa shape index (κ3) is 1.53. The predicted molar refractivity (Wildman–Crippen MR) is 59.9 cm³/mol. The van der Waals surface area contributed by atoms with Crippen molar-refractivity contribution in [3.8, 4) is 0 Å². The number of anilines is 1. The molecule has 0 aliphatic carbocycles. The van der Waals surface area contributed by atoms with Gasteiger partial charge in [0.1, 0.15) is 0 Å². The van der Waals surface area contributed by atoms with E-state index >= 15 is 0 Å². The van der Waals surface area contributed by atoms with Gasteiger partial charge in [0.15, 0.2) is 3.92 Å². The average molecular weight is 289 g/mol. The minimum absolute atomic E-state index is 0.162. The molecule has 1 N–H and O–H groups in total. The van der Waals surface area contributed by atoms with Crippen LogP contribution in [0.5, 0.6) is 0 Å².